The molecule has 1 saturated carbocycles. The molecule has 2 fully saturated rings. The van der Waals surface area contributed by atoms with Crippen LogP contribution in [0.5, 0.6) is 0 Å². The van der Waals surface area contributed by atoms with Crippen molar-refractivity contribution in [2.45, 2.75) is 56.7 Å². The average molecular weight is 473 g/mol. The van der Waals surface area contributed by atoms with Crippen molar-refractivity contribution in [3.8, 4) is 0 Å². The minimum Gasteiger partial charge on any atom is -0.370 e. The number of amides is 1. The van der Waals surface area contributed by atoms with E-state index < -0.39 is 0 Å². The van der Waals surface area contributed by atoms with Crippen LogP contribution < -0.4 is 15.1 Å². The molecule has 182 valence electrons. The number of carbonyl (C=O) groups is 1. The molecule has 1 unspecified atom stereocenters. The molecule has 6 rings (SSSR count). The fourth-order valence-electron chi connectivity index (χ4n) is 5.92. The zero-order valence-electron chi connectivity index (χ0n) is 20.4. The third-order valence-corrected chi connectivity index (χ3v) is 7.85. The highest BCUT2D eigenvalue weighted by Gasteiger charge is 2.45. The second kappa shape index (κ2) is 9.03. The van der Waals surface area contributed by atoms with Crippen molar-refractivity contribution >= 4 is 41.0 Å². The van der Waals surface area contributed by atoms with E-state index >= 15 is 0 Å². The summed E-state index contributed by atoms with van der Waals surface area (Å²) < 4.78 is 0. The Morgan fingerprint density at radius 3 is 2.54 bits per heavy atom. The van der Waals surface area contributed by atoms with Gasteiger partial charge in [-0.1, -0.05) is 12.8 Å². The fraction of sp³-hybridized carbons (Fsp3) is 0.500. The lowest BCUT2D eigenvalue weighted by Gasteiger charge is -2.36. The second-order valence-corrected chi connectivity index (χ2v) is 10.1. The normalized spacial score (nSPS) is 22.5. The van der Waals surface area contributed by atoms with Gasteiger partial charge in [0.15, 0.2) is 0 Å². The number of dihydropyridines is 1. The van der Waals surface area contributed by atoms with Gasteiger partial charge in [-0.3, -0.25) is 4.79 Å². The minimum absolute atomic E-state index is 0.117. The maximum atomic E-state index is 12.7. The number of fused-ring (bicyclic) bond motifs is 3. The number of allylic oxidation sites excluding steroid dienone is 1. The molecule has 1 amide bonds. The zero-order valence-corrected chi connectivity index (χ0v) is 20.4. The molecule has 2 aromatic rings. The third kappa shape index (κ3) is 4.07. The van der Waals surface area contributed by atoms with Gasteiger partial charge in [-0.15, -0.1) is 0 Å². The molecule has 1 saturated heterocycles. The molecule has 9 nitrogen and oxygen atoms in total. The van der Waals surface area contributed by atoms with Crippen molar-refractivity contribution in [2.75, 3.05) is 42.3 Å². The number of carbonyl (C=O) groups excluding carboxylic acids is 1. The SMILES string of the molecule is CN(C)C1CCN(c2ccc(Nc3ncc4c(n3)N(C3CCCC3)C3C(=O)N=CC=C43)nc2)CC1. The van der Waals surface area contributed by atoms with Gasteiger partial charge in [-0.05, 0) is 63.6 Å². The lowest BCUT2D eigenvalue weighted by Crippen LogP contribution is -2.44. The molecule has 9 heteroatoms. The molecular weight excluding hydrogens is 440 g/mol. The molecule has 3 aliphatic heterocycles. The minimum atomic E-state index is -0.378. The quantitative estimate of drug-likeness (QED) is 0.709. The predicted octanol–water partition coefficient (Wildman–Crippen LogP) is 3.27. The molecule has 35 heavy (non-hydrogen) atoms. The summed E-state index contributed by atoms with van der Waals surface area (Å²) in [5, 5.41) is 3.27. The molecule has 1 N–H and O–H groups in total. The summed E-state index contributed by atoms with van der Waals surface area (Å²) in [6, 6.07) is 4.68. The van der Waals surface area contributed by atoms with E-state index in [4.69, 9.17) is 4.98 Å². The second-order valence-electron chi connectivity index (χ2n) is 10.1. The van der Waals surface area contributed by atoms with Gasteiger partial charge in [-0.25, -0.2) is 15.0 Å². The van der Waals surface area contributed by atoms with E-state index in [1.165, 1.54) is 25.7 Å². The first-order chi connectivity index (χ1) is 17.1. The molecule has 5 heterocycles. The van der Waals surface area contributed by atoms with Crippen LogP contribution in [0.3, 0.4) is 0 Å². The van der Waals surface area contributed by atoms with E-state index in [-0.39, 0.29) is 11.9 Å². The van der Waals surface area contributed by atoms with E-state index in [2.05, 4.69) is 55.1 Å². The number of aliphatic imine (C=N–C) groups is 1. The highest BCUT2D eigenvalue weighted by Crippen LogP contribution is 2.44. The maximum Gasteiger partial charge on any atom is 0.273 e. The summed E-state index contributed by atoms with van der Waals surface area (Å²) in [5.41, 5.74) is 3.03. The number of hydrogen-bond donors (Lipinski definition) is 1. The van der Waals surface area contributed by atoms with Crippen molar-refractivity contribution < 1.29 is 4.79 Å². The van der Waals surface area contributed by atoms with Crippen molar-refractivity contribution in [3.05, 3.63) is 36.2 Å². The van der Waals surface area contributed by atoms with Gasteiger partial charge in [0.1, 0.15) is 17.7 Å². The molecule has 1 atom stereocenters. The monoisotopic (exact) mass is 472 g/mol. The smallest absolute Gasteiger partial charge is 0.273 e. The van der Waals surface area contributed by atoms with Crippen LogP contribution in [0.1, 0.15) is 44.1 Å². The molecule has 0 aromatic carbocycles. The molecular formula is C26H32N8O. The maximum absolute atomic E-state index is 12.7. The number of anilines is 4. The summed E-state index contributed by atoms with van der Waals surface area (Å²) in [5.74, 6) is 1.91. The largest absolute Gasteiger partial charge is 0.370 e. The van der Waals surface area contributed by atoms with E-state index in [1.54, 1.807) is 6.21 Å². The third-order valence-electron chi connectivity index (χ3n) is 7.85. The molecule has 2 aromatic heterocycles. The zero-order chi connectivity index (χ0) is 23.9. The Kier molecular flexibility index (Phi) is 5.72. The number of piperidine rings is 1. The summed E-state index contributed by atoms with van der Waals surface area (Å²) in [7, 11) is 4.32. The van der Waals surface area contributed by atoms with Gasteiger partial charge in [-0.2, -0.15) is 4.98 Å². The van der Waals surface area contributed by atoms with E-state index in [9.17, 15) is 4.79 Å². The van der Waals surface area contributed by atoms with Gasteiger partial charge >= 0.3 is 0 Å². The average Bonchev–Trinajstić information content (AvgIpc) is 3.51. The van der Waals surface area contributed by atoms with E-state index in [0.29, 0.717) is 23.8 Å². The van der Waals surface area contributed by atoms with Crippen LogP contribution >= 0.6 is 0 Å². The van der Waals surface area contributed by atoms with Gasteiger partial charge in [0.05, 0.1) is 11.9 Å². The number of hydrogen-bond acceptors (Lipinski definition) is 8. The lowest BCUT2D eigenvalue weighted by atomic mass is 10.0. The standard InChI is InChI=1S/C26H32N8O/c1-32(2)17-10-13-33(14-11-17)19-7-8-22(28-15-19)30-26-29-16-21-20-9-12-27-25(35)23(20)34(24(21)31-26)18-5-3-4-6-18/h7-9,12,15-18,23H,3-6,10-11,13-14H2,1-2H3,(H,28,29,30,31). The predicted molar refractivity (Wildman–Crippen MR) is 138 cm³/mol. The van der Waals surface area contributed by atoms with Gasteiger partial charge in [0.2, 0.25) is 5.95 Å². The highest BCUT2D eigenvalue weighted by molar-refractivity contribution is 6.13. The number of aromatic nitrogens is 3. The van der Waals surface area contributed by atoms with Crippen molar-refractivity contribution in [1.82, 2.24) is 19.9 Å². The number of rotatable bonds is 5. The first-order valence-corrected chi connectivity index (χ1v) is 12.7. The van der Waals surface area contributed by atoms with E-state index in [0.717, 1.165) is 48.6 Å². The summed E-state index contributed by atoms with van der Waals surface area (Å²) >= 11 is 0. The first kappa shape index (κ1) is 22.2. The molecule has 1 aliphatic carbocycles. The number of nitrogens with zero attached hydrogens (tertiary/aromatic N) is 7. The van der Waals surface area contributed by atoms with Crippen LogP contribution in [-0.4, -0.2) is 77.3 Å². The van der Waals surface area contributed by atoms with Crippen LogP contribution in [-0.2, 0) is 4.79 Å². The Balaban J connectivity index is 1.21. The molecule has 4 aliphatic rings. The van der Waals surface area contributed by atoms with Crippen LogP contribution in [0.2, 0.25) is 0 Å². The number of nitrogens with one attached hydrogen (secondary N) is 1. The van der Waals surface area contributed by atoms with Gasteiger partial charge in [0.25, 0.3) is 5.91 Å². The van der Waals surface area contributed by atoms with Gasteiger partial charge < -0.3 is 20.0 Å². The molecule has 0 bridgehead atoms. The van der Waals surface area contributed by atoms with Gasteiger partial charge in [0, 0.05) is 43.1 Å². The Labute approximate surface area is 206 Å². The molecule has 0 radical (unpaired) electrons. The fourth-order valence-corrected chi connectivity index (χ4v) is 5.92. The van der Waals surface area contributed by atoms with Crippen LogP contribution in [0, 0.1) is 0 Å². The topological polar surface area (TPSA) is 89.8 Å². The highest BCUT2D eigenvalue weighted by atomic mass is 16.1. The van der Waals surface area contributed by atoms with Crippen molar-refractivity contribution in [1.29, 1.82) is 0 Å². The Bertz CT molecular complexity index is 1160. The van der Waals surface area contributed by atoms with E-state index in [1.807, 2.05) is 24.5 Å². The summed E-state index contributed by atoms with van der Waals surface area (Å²) in [4.78, 5) is 37.8. The Morgan fingerprint density at radius 1 is 1.03 bits per heavy atom. The molecule has 0 spiro atoms. The van der Waals surface area contributed by atoms with Crippen molar-refractivity contribution in [2.24, 2.45) is 4.99 Å². The van der Waals surface area contributed by atoms with Crippen LogP contribution in [0.15, 0.2) is 35.6 Å². The number of pyridine rings is 1. The first-order valence-electron chi connectivity index (χ1n) is 12.7. The van der Waals surface area contributed by atoms with Crippen LogP contribution in [0.4, 0.5) is 23.3 Å². The van der Waals surface area contributed by atoms with Crippen LogP contribution in [0.25, 0.3) is 5.57 Å². The summed E-state index contributed by atoms with van der Waals surface area (Å²) in [6.45, 7) is 2.09. The van der Waals surface area contributed by atoms with Crippen molar-refractivity contribution in [3.63, 3.8) is 0 Å². The Morgan fingerprint density at radius 2 is 1.83 bits per heavy atom. The Hall–Kier alpha value is -3.33. The summed E-state index contributed by atoms with van der Waals surface area (Å²) in [6.07, 6.45) is 14.1. The lowest BCUT2D eigenvalue weighted by molar-refractivity contribution is -0.118.